The summed E-state index contributed by atoms with van der Waals surface area (Å²) in [5.74, 6) is 0. The molecule has 0 saturated heterocycles. The number of hydrogen-bond donors (Lipinski definition) is 0. The fourth-order valence-electron chi connectivity index (χ4n) is 2.02. The Morgan fingerprint density at radius 3 is 2.86 bits per heavy atom. The van der Waals surface area contributed by atoms with Crippen molar-refractivity contribution in [1.82, 2.24) is 0 Å². The van der Waals surface area contributed by atoms with E-state index < -0.39 is 0 Å². The van der Waals surface area contributed by atoms with Crippen LogP contribution in [0.25, 0.3) is 0 Å². The molecule has 0 aliphatic carbocycles. The molecule has 0 fully saturated rings. The standard InChI is InChI=1S/C12H14BrN/c1-9-11-6-4-3-5-10(11)7-12(2,8-13)14-9/h3-6H,7-8H2,1-2H3. The summed E-state index contributed by atoms with van der Waals surface area (Å²) in [6.07, 6.45) is 1.03. The summed E-state index contributed by atoms with van der Waals surface area (Å²) in [6.45, 7) is 4.29. The maximum absolute atomic E-state index is 4.74. The average molecular weight is 252 g/mol. The van der Waals surface area contributed by atoms with Gasteiger partial charge in [-0.15, -0.1) is 0 Å². The van der Waals surface area contributed by atoms with Crippen molar-refractivity contribution < 1.29 is 0 Å². The van der Waals surface area contributed by atoms with Crippen molar-refractivity contribution in [2.75, 3.05) is 5.33 Å². The first-order chi connectivity index (χ1) is 6.64. The van der Waals surface area contributed by atoms with E-state index >= 15 is 0 Å². The van der Waals surface area contributed by atoms with E-state index in [-0.39, 0.29) is 5.54 Å². The number of aliphatic imine (C=N–C) groups is 1. The summed E-state index contributed by atoms with van der Waals surface area (Å²) in [7, 11) is 0. The van der Waals surface area contributed by atoms with E-state index in [1.807, 2.05) is 0 Å². The number of alkyl halides is 1. The molecule has 1 nitrogen and oxygen atoms in total. The van der Waals surface area contributed by atoms with Gasteiger partial charge in [0.1, 0.15) is 0 Å². The Labute approximate surface area is 93.4 Å². The molecular weight excluding hydrogens is 238 g/mol. The molecular formula is C12H14BrN. The minimum atomic E-state index is 0.0401. The Hall–Kier alpha value is -0.630. The lowest BCUT2D eigenvalue weighted by atomic mass is 9.87. The van der Waals surface area contributed by atoms with Crippen LogP contribution in [0.15, 0.2) is 29.3 Å². The topological polar surface area (TPSA) is 12.4 Å². The fraction of sp³-hybridized carbons (Fsp3) is 0.417. The molecule has 2 heteroatoms. The molecule has 14 heavy (non-hydrogen) atoms. The van der Waals surface area contributed by atoms with Crippen molar-refractivity contribution in [3.63, 3.8) is 0 Å². The first kappa shape index (κ1) is 9.91. The third kappa shape index (κ3) is 1.63. The molecule has 1 aliphatic heterocycles. The zero-order chi connectivity index (χ0) is 10.2. The molecule has 1 aromatic rings. The SMILES string of the molecule is CC1=NC(C)(CBr)Cc2ccccc21. The predicted molar refractivity (Wildman–Crippen MR) is 64.6 cm³/mol. The Morgan fingerprint density at radius 1 is 1.43 bits per heavy atom. The van der Waals surface area contributed by atoms with E-state index in [0.29, 0.717) is 0 Å². The van der Waals surface area contributed by atoms with E-state index in [1.165, 1.54) is 11.1 Å². The molecule has 0 N–H and O–H groups in total. The number of halogens is 1. The molecule has 1 aromatic carbocycles. The Bertz CT molecular complexity index is 384. The molecule has 1 aliphatic rings. The lowest BCUT2D eigenvalue weighted by Crippen LogP contribution is -2.32. The minimum Gasteiger partial charge on any atom is -0.282 e. The van der Waals surface area contributed by atoms with Crippen LogP contribution in [-0.2, 0) is 6.42 Å². The second kappa shape index (κ2) is 3.50. The van der Waals surface area contributed by atoms with Crippen LogP contribution in [0.3, 0.4) is 0 Å². The van der Waals surface area contributed by atoms with Crippen molar-refractivity contribution in [2.45, 2.75) is 25.8 Å². The van der Waals surface area contributed by atoms with Gasteiger partial charge in [0.25, 0.3) is 0 Å². The molecule has 0 aromatic heterocycles. The Morgan fingerprint density at radius 2 is 2.14 bits per heavy atom. The molecule has 0 radical (unpaired) electrons. The number of fused-ring (bicyclic) bond motifs is 1. The van der Waals surface area contributed by atoms with Gasteiger partial charge in [-0.1, -0.05) is 40.2 Å². The first-order valence-corrected chi connectivity index (χ1v) is 5.97. The summed E-state index contributed by atoms with van der Waals surface area (Å²) in [5, 5.41) is 0.922. The van der Waals surface area contributed by atoms with Gasteiger partial charge in [0, 0.05) is 11.0 Å². The number of nitrogens with zero attached hydrogens (tertiary/aromatic N) is 1. The highest BCUT2D eigenvalue weighted by Gasteiger charge is 2.27. The third-order valence-electron chi connectivity index (χ3n) is 2.70. The zero-order valence-corrected chi connectivity index (χ0v) is 10.1. The lowest BCUT2D eigenvalue weighted by Gasteiger charge is -2.29. The molecule has 1 atom stereocenters. The van der Waals surface area contributed by atoms with Gasteiger partial charge in [-0.2, -0.15) is 0 Å². The summed E-state index contributed by atoms with van der Waals surface area (Å²) in [4.78, 5) is 4.74. The molecule has 0 amide bonds. The van der Waals surface area contributed by atoms with Gasteiger partial charge >= 0.3 is 0 Å². The summed E-state index contributed by atoms with van der Waals surface area (Å²) < 4.78 is 0. The lowest BCUT2D eigenvalue weighted by molar-refractivity contribution is 0.526. The van der Waals surface area contributed by atoms with Crippen LogP contribution in [0.5, 0.6) is 0 Å². The van der Waals surface area contributed by atoms with Gasteiger partial charge in [0.05, 0.1) is 5.54 Å². The maximum Gasteiger partial charge on any atom is 0.0720 e. The summed E-state index contributed by atoms with van der Waals surface area (Å²) in [5.41, 5.74) is 3.93. The third-order valence-corrected chi connectivity index (χ3v) is 3.91. The molecule has 0 saturated carbocycles. The average Bonchev–Trinajstić information content (AvgIpc) is 2.18. The second-order valence-corrected chi connectivity index (χ2v) is 4.72. The highest BCUT2D eigenvalue weighted by molar-refractivity contribution is 9.09. The second-order valence-electron chi connectivity index (χ2n) is 4.16. The Balaban J connectivity index is 2.49. The van der Waals surface area contributed by atoms with Gasteiger partial charge in [-0.05, 0) is 31.4 Å². The van der Waals surface area contributed by atoms with Crippen LogP contribution >= 0.6 is 15.9 Å². The molecule has 74 valence electrons. The Kier molecular flexibility index (Phi) is 2.48. The summed E-state index contributed by atoms with van der Waals surface area (Å²) >= 11 is 3.54. The predicted octanol–water partition coefficient (Wildman–Crippen LogP) is 3.21. The van der Waals surface area contributed by atoms with Gasteiger partial charge in [-0.25, -0.2) is 0 Å². The molecule has 0 bridgehead atoms. The number of benzene rings is 1. The van der Waals surface area contributed by atoms with Gasteiger partial charge < -0.3 is 0 Å². The largest absolute Gasteiger partial charge is 0.282 e. The van der Waals surface area contributed by atoms with Crippen molar-refractivity contribution in [3.05, 3.63) is 35.4 Å². The highest BCUT2D eigenvalue weighted by Crippen LogP contribution is 2.28. The van der Waals surface area contributed by atoms with Gasteiger partial charge in [-0.3, -0.25) is 4.99 Å². The van der Waals surface area contributed by atoms with E-state index in [4.69, 9.17) is 4.99 Å². The molecule has 1 unspecified atom stereocenters. The van der Waals surface area contributed by atoms with Gasteiger partial charge in [0.15, 0.2) is 0 Å². The maximum atomic E-state index is 4.74. The van der Waals surface area contributed by atoms with E-state index in [9.17, 15) is 0 Å². The van der Waals surface area contributed by atoms with Crippen LogP contribution in [0.4, 0.5) is 0 Å². The fourth-order valence-corrected chi connectivity index (χ4v) is 2.34. The van der Waals surface area contributed by atoms with E-state index in [2.05, 4.69) is 54.0 Å². The van der Waals surface area contributed by atoms with Crippen LogP contribution in [0.1, 0.15) is 25.0 Å². The number of hydrogen-bond acceptors (Lipinski definition) is 1. The van der Waals surface area contributed by atoms with Crippen LogP contribution in [-0.4, -0.2) is 16.6 Å². The van der Waals surface area contributed by atoms with E-state index in [1.54, 1.807) is 0 Å². The van der Waals surface area contributed by atoms with Crippen LogP contribution in [0.2, 0.25) is 0 Å². The van der Waals surface area contributed by atoms with E-state index in [0.717, 1.165) is 17.5 Å². The van der Waals surface area contributed by atoms with Crippen LogP contribution < -0.4 is 0 Å². The molecule has 2 rings (SSSR count). The number of rotatable bonds is 1. The van der Waals surface area contributed by atoms with Crippen molar-refractivity contribution in [2.24, 2.45) is 4.99 Å². The monoisotopic (exact) mass is 251 g/mol. The molecule has 1 heterocycles. The van der Waals surface area contributed by atoms with Crippen molar-refractivity contribution >= 4 is 21.6 Å². The summed E-state index contributed by atoms with van der Waals surface area (Å²) in [6, 6.07) is 8.54. The van der Waals surface area contributed by atoms with Gasteiger partial charge in [0.2, 0.25) is 0 Å². The van der Waals surface area contributed by atoms with Crippen molar-refractivity contribution in [1.29, 1.82) is 0 Å². The normalized spacial score (nSPS) is 25.5. The molecule has 0 spiro atoms. The first-order valence-electron chi connectivity index (χ1n) is 4.85. The van der Waals surface area contributed by atoms with Crippen LogP contribution in [0, 0.1) is 0 Å². The minimum absolute atomic E-state index is 0.0401. The highest BCUT2D eigenvalue weighted by atomic mass is 79.9. The zero-order valence-electron chi connectivity index (χ0n) is 8.55. The smallest absolute Gasteiger partial charge is 0.0720 e. The quantitative estimate of drug-likeness (QED) is 0.680. The van der Waals surface area contributed by atoms with Crippen molar-refractivity contribution in [3.8, 4) is 0 Å².